The predicted octanol–water partition coefficient (Wildman–Crippen LogP) is 0.432. The fourth-order valence-electron chi connectivity index (χ4n) is 1.94. The summed E-state index contributed by atoms with van der Waals surface area (Å²) in [4.78, 5) is 23.6. The number of carbonyl (C=O) groups excluding carboxylic acids is 2. The van der Waals surface area contributed by atoms with E-state index in [0.717, 1.165) is 23.2 Å². The number of hydrogen-bond acceptors (Lipinski definition) is 2. The zero-order valence-corrected chi connectivity index (χ0v) is 9.49. The molecule has 0 aliphatic carbocycles. The molecule has 2 N–H and O–H groups in total. The number of rotatable bonds is 0. The van der Waals surface area contributed by atoms with Crippen molar-refractivity contribution in [3.8, 4) is 11.8 Å². The number of benzene rings is 1. The first kappa shape index (κ1) is 11.2. The first-order valence-corrected chi connectivity index (χ1v) is 5.30. The van der Waals surface area contributed by atoms with Crippen molar-refractivity contribution >= 4 is 17.5 Å². The second kappa shape index (κ2) is 4.30. The van der Waals surface area contributed by atoms with E-state index in [1.54, 1.807) is 17.9 Å². The smallest absolute Gasteiger partial charge is 0.293 e. The van der Waals surface area contributed by atoms with Crippen molar-refractivity contribution < 1.29 is 9.59 Å². The Bertz CT molecular complexity index is 552. The van der Waals surface area contributed by atoms with Crippen LogP contribution in [0.4, 0.5) is 5.69 Å². The van der Waals surface area contributed by atoms with E-state index in [1.807, 2.05) is 12.1 Å². The van der Waals surface area contributed by atoms with Gasteiger partial charge in [0.25, 0.3) is 5.91 Å². The zero-order valence-electron chi connectivity index (χ0n) is 9.49. The third-order valence-corrected chi connectivity index (χ3v) is 2.69. The normalized spacial score (nSPS) is 12.6. The van der Waals surface area contributed by atoms with Crippen molar-refractivity contribution in [2.45, 2.75) is 13.3 Å². The van der Waals surface area contributed by atoms with E-state index in [1.165, 1.54) is 0 Å². The van der Waals surface area contributed by atoms with Gasteiger partial charge < -0.3 is 10.6 Å². The van der Waals surface area contributed by atoms with E-state index in [4.69, 9.17) is 5.73 Å². The topological polar surface area (TPSA) is 63.4 Å². The average molecular weight is 228 g/mol. The minimum absolute atomic E-state index is 0.0414. The van der Waals surface area contributed by atoms with Crippen molar-refractivity contribution in [1.29, 1.82) is 0 Å². The van der Waals surface area contributed by atoms with Crippen LogP contribution in [0, 0.1) is 11.8 Å². The lowest BCUT2D eigenvalue weighted by Crippen LogP contribution is -2.25. The Balaban J connectivity index is 2.32. The highest BCUT2D eigenvalue weighted by Gasteiger charge is 2.21. The summed E-state index contributed by atoms with van der Waals surface area (Å²) in [6.45, 7) is 2.26. The van der Waals surface area contributed by atoms with Crippen LogP contribution < -0.4 is 10.6 Å². The fourth-order valence-corrected chi connectivity index (χ4v) is 1.94. The molecule has 1 heterocycles. The Morgan fingerprint density at radius 3 is 2.82 bits per heavy atom. The Labute approximate surface area is 99.4 Å². The van der Waals surface area contributed by atoms with Gasteiger partial charge in [0.15, 0.2) is 0 Å². The Morgan fingerprint density at radius 1 is 1.41 bits per heavy atom. The summed E-state index contributed by atoms with van der Waals surface area (Å²) in [6, 6.07) is 5.54. The van der Waals surface area contributed by atoms with E-state index in [-0.39, 0.29) is 5.91 Å². The Morgan fingerprint density at radius 2 is 2.18 bits per heavy atom. The van der Waals surface area contributed by atoms with Crippen LogP contribution in [0.5, 0.6) is 0 Å². The minimum Gasteiger partial charge on any atom is -0.359 e. The number of carbonyl (C=O) groups is 2. The van der Waals surface area contributed by atoms with E-state index >= 15 is 0 Å². The molecule has 0 fully saturated rings. The van der Waals surface area contributed by atoms with Gasteiger partial charge in [0.2, 0.25) is 5.91 Å². The molecule has 2 amide bonds. The van der Waals surface area contributed by atoms with Crippen LogP contribution >= 0.6 is 0 Å². The molecule has 0 saturated heterocycles. The molecular formula is C13H12N2O2. The molecule has 1 aromatic rings. The van der Waals surface area contributed by atoms with E-state index in [9.17, 15) is 9.59 Å². The third-order valence-electron chi connectivity index (χ3n) is 2.69. The second-order valence-electron chi connectivity index (χ2n) is 3.88. The maximum Gasteiger partial charge on any atom is 0.293 e. The molecule has 0 bridgehead atoms. The molecule has 17 heavy (non-hydrogen) atoms. The van der Waals surface area contributed by atoms with Gasteiger partial charge in [0.1, 0.15) is 0 Å². The van der Waals surface area contributed by atoms with E-state index < -0.39 is 5.91 Å². The summed E-state index contributed by atoms with van der Waals surface area (Å²) in [5.41, 5.74) is 7.71. The van der Waals surface area contributed by atoms with Crippen LogP contribution in [0.3, 0.4) is 0 Å². The second-order valence-corrected chi connectivity index (χ2v) is 3.88. The lowest BCUT2D eigenvalue weighted by molar-refractivity contribution is -0.116. The van der Waals surface area contributed by atoms with Gasteiger partial charge in [-0.15, -0.1) is 0 Å². The molecule has 0 unspecified atom stereocenters. The quantitative estimate of drug-likeness (QED) is 0.654. The lowest BCUT2D eigenvalue weighted by atomic mass is 10.1. The molecule has 0 saturated carbocycles. The minimum atomic E-state index is -0.643. The molecular weight excluding hydrogens is 216 g/mol. The predicted molar refractivity (Wildman–Crippen MR) is 64.2 cm³/mol. The van der Waals surface area contributed by atoms with Gasteiger partial charge in [-0.1, -0.05) is 5.92 Å². The summed E-state index contributed by atoms with van der Waals surface area (Å²) in [5, 5.41) is 0. The zero-order chi connectivity index (χ0) is 12.4. The Kier molecular flexibility index (Phi) is 2.84. The number of fused-ring (bicyclic) bond motifs is 1. The number of nitrogens with zero attached hydrogens (tertiary/aromatic N) is 1. The highest BCUT2D eigenvalue weighted by atomic mass is 16.2. The number of anilines is 1. The van der Waals surface area contributed by atoms with Gasteiger partial charge in [-0.3, -0.25) is 9.59 Å². The van der Waals surface area contributed by atoms with Gasteiger partial charge in [0.05, 0.1) is 0 Å². The van der Waals surface area contributed by atoms with E-state index in [0.29, 0.717) is 6.54 Å². The van der Waals surface area contributed by atoms with E-state index in [2.05, 4.69) is 11.8 Å². The molecule has 0 aromatic heterocycles. The third kappa shape index (κ3) is 2.28. The van der Waals surface area contributed by atoms with Crippen molar-refractivity contribution in [3.63, 3.8) is 0 Å². The fraction of sp³-hybridized carbons (Fsp3) is 0.231. The molecule has 2 rings (SSSR count). The molecule has 4 nitrogen and oxygen atoms in total. The summed E-state index contributed by atoms with van der Waals surface area (Å²) < 4.78 is 0. The first-order chi connectivity index (χ1) is 8.08. The molecule has 86 valence electrons. The molecule has 0 atom stereocenters. The molecule has 0 radical (unpaired) electrons. The maximum atomic E-state index is 11.3. The summed E-state index contributed by atoms with van der Waals surface area (Å²) >= 11 is 0. The number of amides is 2. The van der Waals surface area contributed by atoms with Crippen LogP contribution in [-0.2, 0) is 16.0 Å². The SMILES string of the molecule is CC(=O)N1CCc2cc(C#CC(N)=O)ccc21. The average Bonchev–Trinajstić information content (AvgIpc) is 2.69. The first-order valence-electron chi connectivity index (χ1n) is 5.30. The largest absolute Gasteiger partial charge is 0.359 e. The standard InChI is InChI=1S/C13H12N2O2/c1-9(16)15-7-6-11-8-10(2-4-12(11)15)3-5-13(14)17/h2,4,8H,6-7H2,1H3,(H2,14,17). The van der Waals surface area contributed by atoms with Crippen LogP contribution in [-0.4, -0.2) is 18.4 Å². The summed E-state index contributed by atoms with van der Waals surface area (Å²) in [6.07, 6.45) is 0.820. The van der Waals surface area contributed by atoms with Crippen molar-refractivity contribution in [1.82, 2.24) is 0 Å². The van der Waals surface area contributed by atoms with Gasteiger partial charge >= 0.3 is 0 Å². The molecule has 1 aliphatic rings. The lowest BCUT2D eigenvalue weighted by Gasteiger charge is -2.14. The highest BCUT2D eigenvalue weighted by molar-refractivity contribution is 5.94. The number of hydrogen-bond donors (Lipinski definition) is 1. The molecule has 1 aromatic carbocycles. The van der Waals surface area contributed by atoms with Gasteiger partial charge in [-0.05, 0) is 36.1 Å². The van der Waals surface area contributed by atoms with Crippen LogP contribution in [0.25, 0.3) is 0 Å². The van der Waals surface area contributed by atoms with Crippen LogP contribution in [0.1, 0.15) is 18.1 Å². The number of nitrogens with two attached hydrogens (primary N) is 1. The van der Waals surface area contributed by atoms with Gasteiger partial charge in [0, 0.05) is 24.7 Å². The van der Waals surface area contributed by atoms with Crippen molar-refractivity contribution in [3.05, 3.63) is 29.3 Å². The van der Waals surface area contributed by atoms with Crippen LogP contribution in [0.15, 0.2) is 18.2 Å². The molecule has 4 heteroatoms. The number of primary amides is 1. The summed E-state index contributed by atoms with van der Waals surface area (Å²) in [5.74, 6) is 4.38. The Hall–Kier alpha value is -2.28. The summed E-state index contributed by atoms with van der Waals surface area (Å²) in [7, 11) is 0. The van der Waals surface area contributed by atoms with Crippen LogP contribution in [0.2, 0.25) is 0 Å². The monoisotopic (exact) mass is 228 g/mol. The van der Waals surface area contributed by atoms with Crippen molar-refractivity contribution in [2.24, 2.45) is 5.73 Å². The molecule has 1 aliphatic heterocycles. The van der Waals surface area contributed by atoms with Gasteiger partial charge in [-0.2, -0.15) is 0 Å². The molecule has 0 spiro atoms. The van der Waals surface area contributed by atoms with Crippen molar-refractivity contribution in [2.75, 3.05) is 11.4 Å². The van der Waals surface area contributed by atoms with Gasteiger partial charge in [-0.25, -0.2) is 0 Å². The highest BCUT2D eigenvalue weighted by Crippen LogP contribution is 2.28. The maximum absolute atomic E-state index is 11.3.